The van der Waals surface area contributed by atoms with Gasteiger partial charge in [-0.1, -0.05) is 18.2 Å². The lowest BCUT2D eigenvalue weighted by Crippen LogP contribution is -2.35. The molecule has 0 bridgehead atoms. The first-order valence-electron chi connectivity index (χ1n) is 6.36. The van der Waals surface area contributed by atoms with Crippen LogP contribution < -0.4 is 26.1 Å². The van der Waals surface area contributed by atoms with Crippen LogP contribution in [0, 0.1) is 0 Å². The highest BCUT2D eigenvalue weighted by atomic mass is 16.5. The number of anilines is 1. The molecule has 0 unspecified atom stereocenters. The van der Waals surface area contributed by atoms with Crippen LogP contribution in [0.15, 0.2) is 53.5 Å². The van der Waals surface area contributed by atoms with Crippen molar-refractivity contribution >= 4 is 17.3 Å². The molecule has 0 saturated heterocycles. The van der Waals surface area contributed by atoms with Gasteiger partial charge in [-0.2, -0.15) is 0 Å². The maximum Gasteiger partial charge on any atom is 0.215 e. The summed E-state index contributed by atoms with van der Waals surface area (Å²) in [6.07, 6.45) is 0. The lowest BCUT2D eigenvalue weighted by Gasteiger charge is -2.11. The summed E-state index contributed by atoms with van der Waals surface area (Å²) in [6.45, 7) is 0. The second-order valence-corrected chi connectivity index (χ2v) is 4.13. The van der Waals surface area contributed by atoms with E-state index in [4.69, 9.17) is 15.3 Å². The maximum atomic E-state index is 5.51. The van der Waals surface area contributed by atoms with Gasteiger partial charge in [-0.3, -0.25) is 5.43 Å². The molecule has 2 aromatic rings. The molecule has 0 amide bonds. The first kappa shape index (κ1) is 14.7. The zero-order valence-corrected chi connectivity index (χ0v) is 12.0. The van der Waals surface area contributed by atoms with Crippen molar-refractivity contribution in [2.24, 2.45) is 10.8 Å². The Morgan fingerprint density at radius 1 is 1.05 bits per heavy atom. The number of ether oxygens (including phenoxy) is 2. The monoisotopic (exact) mass is 286 g/mol. The molecule has 0 aliphatic rings. The van der Waals surface area contributed by atoms with Crippen LogP contribution in [0.3, 0.4) is 0 Å². The molecule has 0 aliphatic heterocycles. The van der Waals surface area contributed by atoms with Gasteiger partial charge in [-0.15, -0.1) is 0 Å². The number of aliphatic imine (C=N–C) groups is 1. The van der Waals surface area contributed by atoms with Crippen LogP contribution in [-0.4, -0.2) is 20.2 Å². The molecule has 6 nitrogen and oxygen atoms in total. The largest absolute Gasteiger partial charge is 0.497 e. The van der Waals surface area contributed by atoms with Crippen LogP contribution in [0.2, 0.25) is 0 Å². The van der Waals surface area contributed by atoms with Crippen LogP contribution in [0.5, 0.6) is 11.5 Å². The van der Waals surface area contributed by atoms with Gasteiger partial charge in [0.15, 0.2) is 0 Å². The van der Waals surface area contributed by atoms with Gasteiger partial charge in [-0.25, -0.2) is 10.8 Å². The molecule has 0 aromatic heterocycles. The van der Waals surface area contributed by atoms with E-state index in [1.54, 1.807) is 32.4 Å². The summed E-state index contributed by atoms with van der Waals surface area (Å²) in [5, 5.41) is 3.08. The minimum absolute atomic E-state index is 0.407. The summed E-state index contributed by atoms with van der Waals surface area (Å²) in [7, 11) is 3.18. The molecule has 0 aliphatic carbocycles. The van der Waals surface area contributed by atoms with E-state index in [-0.39, 0.29) is 0 Å². The lowest BCUT2D eigenvalue weighted by atomic mass is 10.3. The van der Waals surface area contributed by atoms with Gasteiger partial charge in [-0.05, 0) is 24.3 Å². The van der Waals surface area contributed by atoms with E-state index >= 15 is 0 Å². The number of nitrogens with one attached hydrogen (secondary N) is 2. The predicted molar refractivity (Wildman–Crippen MR) is 84.0 cm³/mol. The number of nitrogens with two attached hydrogens (primary N) is 1. The minimum Gasteiger partial charge on any atom is -0.497 e. The third-order valence-electron chi connectivity index (χ3n) is 2.79. The van der Waals surface area contributed by atoms with Crippen LogP contribution in [-0.2, 0) is 0 Å². The van der Waals surface area contributed by atoms with Crippen LogP contribution in [0.1, 0.15) is 0 Å². The fraction of sp³-hybridized carbons (Fsp3) is 0.133. The van der Waals surface area contributed by atoms with E-state index in [0.717, 1.165) is 5.69 Å². The minimum atomic E-state index is 0.407. The summed E-state index contributed by atoms with van der Waals surface area (Å²) in [6, 6.07) is 15.0. The van der Waals surface area contributed by atoms with Crippen LogP contribution in [0.4, 0.5) is 11.4 Å². The highest BCUT2D eigenvalue weighted by Gasteiger charge is 2.06. The van der Waals surface area contributed by atoms with E-state index in [1.807, 2.05) is 30.3 Å². The van der Waals surface area contributed by atoms with Crippen molar-refractivity contribution in [3.8, 4) is 11.5 Å². The molecule has 4 N–H and O–H groups in total. The van der Waals surface area contributed by atoms with Crippen molar-refractivity contribution in [2.45, 2.75) is 0 Å². The number of hydrazine groups is 1. The standard InChI is InChI=1S/C15H18N4O2/c1-20-12-8-9-13(14(10-12)21-2)18-15(19-16)17-11-6-4-3-5-7-11/h3-10H,16H2,1-2H3,(H2,17,18,19). The molecule has 2 rings (SSSR count). The van der Waals surface area contributed by atoms with Gasteiger partial charge in [0.25, 0.3) is 0 Å². The zero-order valence-electron chi connectivity index (χ0n) is 12.0. The number of benzene rings is 2. The number of hydrogen-bond donors (Lipinski definition) is 3. The fourth-order valence-corrected chi connectivity index (χ4v) is 1.75. The molecule has 21 heavy (non-hydrogen) atoms. The van der Waals surface area contributed by atoms with Gasteiger partial charge in [0.1, 0.15) is 17.2 Å². The average molecular weight is 286 g/mol. The van der Waals surface area contributed by atoms with Crippen molar-refractivity contribution in [1.82, 2.24) is 5.43 Å². The molecule has 110 valence electrons. The number of nitrogens with zero attached hydrogens (tertiary/aromatic N) is 1. The summed E-state index contributed by atoms with van der Waals surface area (Å²) in [4.78, 5) is 4.41. The molecule has 0 atom stereocenters. The molecule has 2 aromatic carbocycles. The van der Waals surface area contributed by atoms with Gasteiger partial charge >= 0.3 is 0 Å². The number of rotatable bonds is 4. The van der Waals surface area contributed by atoms with Gasteiger partial charge in [0.05, 0.1) is 14.2 Å². The Morgan fingerprint density at radius 3 is 2.43 bits per heavy atom. The Morgan fingerprint density at radius 2 is 1.81 bits per heavy atom. The Labute approximate surface area is 123 Å². The third kappa shape index (κ3) is 3.87. The number of para-hydroxylation sites is 1. The first-order valence-corrected chi connectivity index (χ1v) is 6.36. The van der Waals surface area contributed by atoms with Crippen molar-refractivity contribution in [3.63, 3.8) is 0 Å². The van der Waals surface area contributed by atoms with Crippen LogP contribution >= 0.6 is 0 Å². The predicted octanol–water partition coefficient (Wildman–Crippen LogP) is 2.27. The average Bonchev–Trinajstić information content (AvgIpc) is 2.55. The first-order chi connectivity index (χ1) is 10.3. The Hall–Kier alpha value is -2.73. The van der Waals surface area contributed by atoms with Gasteiger partial charge in [0.2, 0.25) is 5.96 Å². The fourth-order valence-electron chi connectivity index (χ4n) is 1.75. The molecule has 6 heteroatoms. The molecular formula is C15H18N4O2. The summed E-state index contributed by atoms with van der Waals surface area (Å²) >= 11 is 0. The third-order valence-corrected chi connectivity index (χ3v) is 2.79. The van der Waals surface area contributed by atoms with Gasteiger partial charge < -0.3 is 14.8 Å². The Kier molecular flexibility index (Phi) is 5.00. The molecule has 0 heterocycles. The Balaban J connectivity index is 2.27. The van der Waals surface area contributed by atoms with E-state index < -0.39 is 0 Å². The van der Waals surface area contributed by atoms with Crippen molar-refractivity contribution in [1.29, 1.82) is 0 Å². The molecular weight excluding hydrogens is 268 g/mol. The zero-order chi connectivity index (χ0) is 15.1. The van der Waals surface area contributed by atoms with Crippen molar-refractivity contribution < 1.29 is 9.47 Å². The molecule has 0 fully saturated rings. The van der Waals surface area contributed by atoms with Crippen molar-refractivity contribution in [3.05, 3.63) is 48.5 Å². The lowest BCUT2D eigenvalue weighted by molar-refractivity contribution is 0.395. The number of hydrogen-bond acceptors (Lipinski definition) is 4. The summed E-state index contributed by atoms with van der Waals surface area (Å²) in [5.74, 6) is 7.21. The number of guanidine groups is 1. The SMILES string of the molecule is COc1ccc(N=C(NN)Nc2ccccc2)c(OC)c1. The Bertz CT molecular complexity index is 614. The smallest absolute Gasteiger partial charge is 0.215 e. The summed E-state index contributed by atoms with van der Waals surface area (Å²) < 4.78 is 10.5. The topological polar surface area (TPSA) is 80.9 Å². The normalized spacial score (nSPS) is 10.9. The van der Waals surface area contributed by atoms with Crippen LogP contribution in [0.25, 0.3) is 0 Å². The summed E-state index contributed by atoms with van der Waals surface area (Å²) in [5.41, 5.74) is 4.04. The van der Waals surface area contributed by atoms with E-state index in [0.29, 0.717) is 23.1 Å². The van der Waals surface area contributed by atoms with Crippen molar-refractivity contribution in [2.75, 3.05) is 19.5 Å². The maximum absolute atomic E-state index is 5.51. The van der Waals surface area contributed by atoms with E-state index in [1.165, 1.54) is 0 Å². The molecule has 0 saturated carbocycles. The van der Waals surface area contributed by atoms with Gasteiger partial charge in [0, 0.05) is 11.8 Å². The number of methoxy groups -OCH3 is 2. The second kappa shape index (κ2) is 7.16. The second-order valence-electron chi connectivity index (χ2n) is 4.13. The quantitative estimate of drug-likeness (QED) is 0.348. The molecule has 0 radical (unpaired) electrons. The highest BCUT2D eigenvalue weighted by molar-refractivity contribution is 5.95. The molecule has 0 spiro atoms. The highest BCUT2D eigenvalue weighted by Crippen LogP contribution is 2.31. The van der Waals surface area contributed by atoms with E-state index in [2.05, 4.69) is 15.7 Å². The van der Waals surface area contributed by atoms with E-state index in [9.17, 15) is 0 Å².